The Morgan fingerprint density at radius 2 is 2.00 bits per heavy atom. The van der Waals surface area contributed by atoms with E-state index < -0.39 is 58.3 Å². The smallest absolute Gasteiger partial charge is 0.304 e. The predicted octanol–water partition coefficient (Wildman–Crippen LogP) is 3.24. The number of halogens is 3. The van der Waals surface area contributed by atoms with Crippen molar-refractivity contribution in [1.29, 1.82) is 0 Å². The second-order valence-corrected chi connectivity index (χ2v) is 6.96. The van der Waals surface area contributed by atoms with Crippen LogP contribution in [0.5, 0.6) is 0 Å². The number of imidazole rings is 1. The van der Waals surface area contributed by atoms with Crippen molar-refractivity contribution in [3.8, 4) is 0 Å². The molecule has 0 bridgehead atoms. The monoisotopic (exact) mass is 419 g/mol. The number of nitrogens with one attached hydrogen (secondary N) is 1. The molecule has 3 aromatic rings. The molecule has 1 aliphatic rings. The van der Waals surface area contributed by atoms with Gasteiger partial charge in [0.25, 0.3) is 5.91 Å². The molecule has 4 rings (SSSR count). The van der Waals surface area contributed by atoms with E-state index in [0.29, 0.717) is 11.0 Å². The van der Waals surface area contributed by atoms with Gasteiger partial charge in [0.15, 0.2) is 0 Å². The van der Waals surface area contributed by atoms with E-state index in [-0.39, 0.29) is 5.69 Å². The van der Waals surface area contributed by atoms with Crippen molar-refractivity contribution in [2.45, 2.75) is 12.5 Å². The van der Waals surface area contributed by atoms with Gasteiger partial charge in [-0.15, -0.1) is 0 Å². The predicted molar refractivity (Wildman–Crippen MR) is 98.4 cm³/mol. The lowest BCUT2D eigenvalue weighted by Crippen LogP contribution is -2.31. The van der Waals surface area contributed by atoms with Gasteiger partial charge in [0.1, 0.15) is 11.6 Å². The molecule has 2 aromatic carbocycles. The Hall–Kier alpha value is -3.33. The fourth-order valence-electron chi connectivity index (χ4n) is 3.61. The van der Waals surface area contributed by atoms with Gasteiger partial charge < -0.3 is 10.1 Å². The van der Waals surface area contributed by atoms with Crippen LogP contribution in [0, 0.1) is 17.6 Å². The second kappa shape index (κ2) is 6.93. The number of benzene rings is 2. The van der Waals surface area contributed by atoms with Crippen LogP contribution >= 0.6 is 11.6 Å². The molecule has 7 nitrogen and oxygen atoms in total. The van der Waals surface area contributed by atoms with Crippen LogP contribution in [0.4, 0.5) is 14.5 Å². The molecule has 10 heteroatoms. The van der Waals surface area contributed by atoms with Gasteiger partial charge in [-0.1, -0.05) is 11.6 Å². The number of aliphatic carboxylic acids is 1. The molecule has 2 heterocycles. The van der Waals surface area contributed by atoms with E-state index >= 15 is 0 Å². The van der Waals surface area contributed by atoms with Gasteiger partial charge in [-0.3, -0.25) is 19.3 Å². The summed E-state index contributed by atoms with van der Waals surface area (Å²) in [6.07, 6.45) is 0.649. The summed E-state index contributed by atoms with van der Waals surface area (Å²) < 4.78 is 29.4. The van der Waals surface area contributed by atoms with Crippen LogP contribution in [0.15, 0.2) is 36.7 Å². The summed E-state index contributed by atoms with van der Waals surface area (Å²) in [5.74, 6) is -7.15. The largest absolute Gasteiger partial charge is 0.481 e. The van der Waals surface area contributed by atoms with Crippen molar-refractivity contribution in [2.75, 3.05) is 4.90 Å². The maximum atomic E-state index is 14.8. The maximum absolute atomic E-state index is 14.8. The lowest BCUT2D eigenvalue weighted by molar-refractivity contribution is -0.141. The summed E-state index contributed by atoms with van der Waals surface area (Å²) in [5.41, 5.74) is 0.630. The van der Waals surface area contributed by atoms with Gasteiger partial charge in [-0.25, -0.2) is 13.8 Å². The Balaban J connectivity index is 1.94. The van der Waals surface area contributed by atoms with Gasteiger partial charge >= 0.3 is 5.97 Å². The third-order valence-corrected chi connectivity index (χ3v) is 5.17. The van der Waals surface area contributed by atoms with E-state index in [0.717, 1.165) is 17.0 Å². The van der Waals surface area contributed by atoms with Crippen LogP contribution in [0.1, 0.15) is 18.0 Å². The van der Waals surface area contributed by atoms with Gasteiger partial charge in [0, 0.05) is 11.3 Å². The summed E-state index contributed by atoms with van der Waals surface area (Å²) in [7, 11) is 0. The quantitative estimate of drug-likeness (QED) is 0.499. The number of Topliss-reactive ketones (excluding diaryl/α,β-unsaturated/α-hetero) is 1. The first-order valence-electron chi connectivity index (χ1n) is 8.45. The zero-order valence-electron chi connectivity index (χ0n) is 14.5. The number of ketones is 1. The van der Waals surface area contributed by atoms with Crippen LogP contribution in [-0.2, 0) is 14.4 Å². The molecule has 29 heavy (non-hydrogen) atoms. The summed E-state index contributed by atoms with van der Waals surface area (Å²) in [4.78, 5) is 44.4. The number of hydrogen-bond donors (Lipinski definition) is 2. The summed E-state index contributed by atoms with van der Waals surface area (Å²) in [5, 5.41) is 8.79. The summed E-state index contributed by atoms with van der Waals surface area (Å²) >= 11 is 5.79. The Morgan fingerprint density at radius 3 is 2.72 bits per heavy atom. The molecule has 2 N–H and O–H groups in total. The van der Waals surface area contributed by atoms with Crippen LogP contribution in [0.25, 0.3) is 11.0 Å². The van der Waals surface area contributed by atoms with E-state index in [4.69, 9.17) is 11.6 Å². The van der Waals surface area contributed by atoms with Crippen molar-refractivity contribution >= 4 is 46.0 Å². The molecule has 0 aliphatic carbocycles. The highest BCUT2D eigenvalue weighted by Gasteiger charge is 2.51. The number of aromatic amines is 1. The molecule has 0 spiro atoms. The number of carbonyl (C=O) groups is 3. The highest BCUT2D eigenvalue weighted by atomic mass is 35.5. The molecule has 1 aliphatic heterocycles. The molecule has 0 saturated carbocycles. The third kappa shape index (κ3) is 3.03. The molecule has 1 amide bonds. The Labute approximate surface area is 166 Å². The lowest BCUT2D eigenvalue weighted by Gasteiger charge is -2.28. The van der Waals surface area contributed by atoms with Crippen molar-refractivity contribution in [3.05, 3.63) is 58.9 Å². The highest BCUT2D eigenvalue weighted by molar-refractivity contribution is 6.45. The standard InChI is InChI=1S/C19H12ClF2N3O4/c20-10-2-3-11(21)15(16(10)22)17-9(6-14(26)27)18(28)19(29)25(17)8-1-4-12-13(5-8)24-7-23-12/h1-5,7,9,17H,6H2,(H,23,24)(H,26,27). The maximum Gasteiger partial charge on any atom is 0.304 e. The normalized spacial score (nSPS) is 19.3. The van der Waals surface area contributed by atoms with Crippen molar-refractivity contribution in [3.63, 3.8) is 0 Å². The van der Waals surface area contributed by atoms with Crippen molar-refractivity contribution < 1.29 is 28.3 Å². The van der Waals surface area contributed by atoms with Crippen LogP contribution < -0.4 is 4.90 Å². The number of nitrogens with zero attached hydrogens (tertiary/aromatic N) is 2. The Kier molecular flexibility index (Phi) is 4.54. The number of carbonyl (C=O) groups excluding carboxylic acids is 2. The van der Waals surface area contributed by atoms with Crippen LogP contribution in [0.2, 0.25) is 5.02 Å². The minimum Gasteiger partial charge on any atom is -0.481 e. The molecular formula is C19H12ClF2N3O4. The minimum atomic E-state index is -1.51. The molecular weight excluding hydrogens is 408 g/mol. The first kappa shape index (κ1) is 19.0. The first-order valence-corrected chi connectivity index (χ1v) is 8.83. The summed E-state index contributed by atoms with van der Waals surface area (Å²) in [6.45, 7) is 0. The molecule has 2 atom stereocenters. The van der Waals surface area contributed by atoms with Crippen LogP contribution in [-0.4, -0.2) is 32.7 Å². The number of aromatic nitrogens is 2. The SMILES string of the molecule is O=C(O)CC1C(=O)C(=O)N(c2ccc3nc[nH]c3c2)C1c1c(F)ccc(Cl)c1F. The highest BCUT2D eigenvalue weighted by Crippen LogP contribution is 2.44. The first-order chi connectivity index (χ1) is 13.8. The van der Waals surface area contributed by atoms with Crippen molar-refractivity contribution in [1.82, 2.24) is 9.97 Å². The number of rotatable bonds is 4. The Bertz CT molecular complexity index is 1180. The van der Waals surface area contributed by atoms with Gasteiger partial charge in [0.05, 0.1) is 40.8 Å². The van der Waals surface area contributed by atoms with Gasteiger partial charge in [-0.2, -0.15) is 0 Å². The van der Waals surface area contributed by atoms with Crippen LogP contribution in [0.3, 0.4) is 0 Å². The number of amides is 1. The number of carboxylic acids is 1. The van der Waals surface area contributed by atoms with E-state index in [1.165, 1.54) is 18.5 Å². The van der Waals surface area contributed by atoms with Gasteiger partial charge in [-0.05, 0) is 30.3 Å². The topological polar surface area (TPSA) is 103 Å². The molecule has 1 aromatic heterocycles. The second-order valence-electron chi connectivity index (χ2n) is 6.55. The average molecular weight is 420 g/mol. The fraction of sp³-hybridized carbons (Fsp3) is 0.158. The molecule has 1 fully saturated rings. The van der Waals surface area contributed by atoms with Gasteiger partial charge in [0.2, 0.25) is 5.78 Å². The van der Waals surface area contributed by atoms with E-state index in [9.17, 15) is 28.3 Å². The number of hydrogen-bond acceptors (Lipinski definition) is 4. The van der Waals surface area contributed by atoms with Crippen molar-refractivity contribution in [2.24, 2.45) is 5.92 Å². The fourth-order valence-corrected chi connectivity index (χ4v) is 3.78. The number of H-pyrrole nitrogens is 1. The zero-order valence-corrected chi connectivity index (χ0v) is 15.3. The minimum absolute atomic E-state index is 0.164. The number of carboxylic acid groups (broad SMARTS) is 1. The van der Waals surface area contributed by atoms with E-state index in [2.05, 4.69) is 9.97 Å². The number of anilines is 1. The van der Waals surface area contributed by atoms with E-state index in [1.807, 2.05) is 0 Å². The zero-order chi connectivity index (χ0) is 20.9. The number of fused-ring (bicyclic) bond motifs is 1. The molecule has 148 valence electrons. The van der Waals surface area contributed by atoms with E-state index in [1.54, 1.807) is 6.07 Å². The summed E-state index contributed by atoms with van der Waals surface area (Å²) in [6, 6.07) is 4.91. The Morgan fingerprint density at radius 1 is 1.24 bits per heavy atom. The average Bonchev–Trinajstić information content (AvgIpc) is 3.23. The molecule has 2 unspecified atom stereocenters. The third-order valence-electron chi connectivity index (χ3n) is 4.88. The molecule has 0 radical (unpaired) electrons. The molecule has 1 saturated heterocycles. The lowest BCUT2D eigenvalue weighted by atomic mass is 9.89.